The van der Waals surface area contributed by atoms with Gasteiger partial charge in [0.15, 0.2) is 5.76 Å². The molecule has 7 heteroatoms. The van der Waals surface area contributed by atoms with Gasteiger partial charge in [0.05, 0.1) is 32.0 Å². The van der Waals surface area contributed by atoms with Gasteiger partial charge in [-0.05, 0) is 6.42 Å². The second-order valence-electron chi connectivity index (χ2n) is 6.21. The van der Waals surface area contributed by atoms with Crippen molar-refractivity contribution in [3.63, 3.8) is 0 Å². The summed E-state index contributed by atoms with van der Waals surface area (Å²) in [6.45, 7) is 6.59. The minimum absolute atomic E-state index is 0.100. The fourth-order valence-corrected chi connectivity index (χ4v) is 3.34. The molecule has 0 amide bonds. The quantitative estimate of drug-likeness (QED) is 0.846. The molecule has 3 heterocycles. The minimum atomic E-state index is -0.768. The zero-order valence-corrected chi connectivity index (χ0v) is 12.9. The molecule has 22 heavy (non-hydrogen) atoms. The third-order valence-corrected chi connectivity index (χ3v) is 4.35. The van der Waals surface area contributed by atoms with Crippen LogP contribution in [0, 0.1) is 5.92 Å². The van der Waals surface area contributed by atoms with Crippen LogP contribution in [-0.4, -0.2) is 71.5 Å². The molecule has 2 saturated heterocycles. The van der Waals surface area contributed by atoms with E-state index >= 15 is 0 Å². The summed E-state index contributed by atoms with van der Waals surface area (Å²) in [5.74, 6) is 0.435. The van der Waals surface area contributed by atoms with Gasteiger partial charge in [0, 0.05) is 37.7 Å². The third-order valence-electron chi connectivity index (χ3n) is 4.35. The lowest BCUT2D eigenvalue weighted by atomic mass is 10.1. The fraction of sp³-hybridized carbons (Fsp3) is 0.733. The Morgan fingerprint density at radius 2 is 2.27 bits per heavy atom. The maximum atomic E-state index is 11.0. The zero-order chi connectivity index (χ0) is 15.5. The predicted molar refractivity (Wildman–Crippen MR) is 78.5 cm³/mol. The summed E-state index contributed by atoms with van der Waals surface area (Å²) in [5, 5.41) is 13.1. The topological polar surface area (TPSA) is 79.0 Å². The predicted octanol–water partition coefficient (Wildman–Crippen LogP) is 0.454. The lowest BCUT2D eigenvalue weighted by Gasteiger charge is -2.29. The van der Waals surface area contributed by atoms with E-state index in [4.69, 9.17) is 14.4 Å². The Hall–Kier alpha value is -1.44. The van der Waals surface area contributed by atoms with Gasteiger partial charge in [-0.15, -0.1) is 0 Å². The smallest absolute Gasteiger partial charge is 0.317 e. The number of fused-ring (bicyclic) bond motifs is 3. The highest BCUT2D eigenvalue weighted by Crippen LogP contribution is 2.22. The Labute approximate surface area is 129 Å². The van der Waals surface area contributed by atoms with E-state index in [9.17, 15) is 4.79 Å². The van der Waals surface area contributed by atoms with Crippen LogP contribution in [0.2, 0.25) is 0 Å². The van der Waals surface area contributed by atoms with E-state index in [2.05, 4.69) is 17.0 Å². The van der Waals surface area contributed by atoms with Crippen molar-refractivity contribution in [1.82, 2.24) is 15.0 Å². The molecule has 0 unspecified atom stereocenters. The summed E-state index contributed by atoms with van der Waals surface area (Å²) < 4.78 is 11.1. The van der Waals surface area contributed by atoms with Gasteiger partial charge in [0.25, 0.3) is 0 Å². The Balaban J connectivity index is 1.70. The molecule has 3 rings (SSSR count). The number of carboxylic acids is 1. The molecule has 0 saturated carbocycles. The number of carboxylic acid groups (broad SMARTS) is 1. The van der Waals surface area contributed by atoms with E-state index in [1.54, 1.807) is 0 Å². The van der Waals surface area contributed by atoms with Crippen molar-refractivity contribution in [1.29, 1.82) is 0 Å². The highest BCUT2D eigenvalue weighted by atomic mass is 16.5. The molecule has 2 bridgehead atoms. The number of hydrogen-bond acceptors (Lipinski definition) is 6. The number of carbonyl (C=O) groups is 1. The Bertz CT molecular complexity index is 519. The first-order chi connectivity index (χ1) is 10.6. The summed E-state index contributed by atoms with van der Waals surface area (Å²) in [7, 11) is 0. The standard InChI is InChI=1S/C15H23N3O4/c1-2-12-3-14(22-16-12)7-18-5-11-4-17(8-15(19)20)6-13(18)10-21-9-11/h3,11,13H,2,4-10H2,1H3,(H,19,20)/t11-,13-/m0/s1. The molecular weight excluding hydrogens is 286 g/mol. The molecule has 7 nitrogen and oxygen atoms in total. The van der Waals surface area contributed by atoms with Gasteiger partial charge in [0.2, 0.25) is 0 Å². The van der Waals surface area contributed by atoms with Crippen molar-refractivity contribution in [3.05, 3.63) is 17.5 Å². The first-order valence-corrected chi connectivity index (χ1v) is 7.84. The highest BCUT2D eigenvalue weighted by molar-refractivity contribution is 5.69. The number of aliphatic carboxylic acids is 1. The van der Waals surface area contributed by atoms with Crippen LogP contribution in [0.5, 0.6) is 0 Å². The normalized spacial score (nSPS) is 26.8. The van der Waals surface area contributed by atoms with Crippen LogP contribution in [0.15, 0.2) is 10.6 Å². The number of aromatic nitrogens is 1. The van der Waals surface area contributed by atoms with Crippen LogP contribution < -0.4 is 0 Å². The van der Waals surface area contributed by atoms with Crippen molar-refractivity contribution >= 4 is 5.97 Å². The summed E-state index contributed by atoms with van der Waals surface area (Å²) in [4.78, 5) is 15.4. The van der Waals surface area contributed by atoms with E-state index in [1.807, 2.05) is 11.0 Å². The number of ether oxygens (including phenoxy) is 1. The molecule has 2 aliphatic heterocycles. The van der Waals surface area contributed by atoms with E-state index in [-0.39, 0.29) is 12.6 Å². The molecule has 1 N–H and O–H groups in total. The maximum absolute atomic E-state index is 11.0. The van der Waals surface area contributed by atoms with Gasteiger partial charge in [-0.3, -0.25) is 14.6 Å². The summed E-state index contributed by atoms with van der Waals surface area (Å²) in [6, 6.07) is 2.20. The number of nitrogens with zero attached hydrogens (tertiary/aromatic N) is 3. The van der Waals surface area contributed by atoms with Crippen LogP contribution in [0.25, 0.3) is 0 Å². The Kier molecular flexibility index (Phi) is 4.75. The molecule has 122 valence electrons. The van der Waals surface area contributed by atoms with Crippen molar-refractivity contribution in [2.45, 2.75) is 25.9 Å². The summed E-state index contributed by atoms with van der Waals surface area (Å²) in [5.41, 5.74) is 0.969. The molecular formula is C15H23N3O4. The van der Waals surface area contributed by atoms with Crippen molar-refractivity contribution < 1.29 is 19.2 Å². The summed E-state index contributed by atoms with van der Waals surface area (Å²) in [6.07, 6.45) is 0.866. The van der Waals surface area contributed by atoms with Crippen LogP contribution in [0.3, 0.4) is 0 Å². The van der Waals surface area contributed by atoms with E-state index in [1.165, 1.54) is 0 Å². The number of aryl methyl sites for hydroxylation is 1. The third kappa shape index (κ3) is 3.66. The van der Waals surface area contributed by atoms with Crippen molar-refractivity contribution in [3.8, 4) is 0 Å². The van der Waals surface area contributed by atoms with Gasteiger partial charge in [-0.1, -0.05) is 12.1 Å². The van der Waals surface area contributed by atoms with E-state index in [0.29, 0.717) is 25.7 Å². The van der Waals surface area contributed by atoms with Crippen LogP contribution >= 0.6 is 0 Å². The van der Waals surface area contributed by atoms with E-state index < -0.39 is 5.97 Å². The Morgan fingerprint density at radius 1 is 1.41 bits per heavy atom. The molecule has 2 fully saturated rings. The molecule has 0 aromatic carbocycles. The fourth-order valence-electron chi connectivity index (χ4n) is 3.34. The van der Waals surface area contributed by atoms with Crippen LogP contribution in [0.4, 0.5) is 0 Å². The lowest BCUT2D eigenvalue weighted by molar-refractivity contribution is -0.138. The van der Waals surface area contributed by atoms with Gasteiger partial charge in [-0.25, -0.2) is 0 Å². The first kappa shape index (κ1) is 15.5. The van der Waals surface area contributed by atoms with Gasteiger partial charge >= 0.3 is 5.97 Å². The molecule has 0 radical (unpaired) electrons. The summed E-state index contributed by atoms with van der Waals surface area (Å²) >= 11 is 0. The Morgan fingerprint density at radius 3 is 3.00 bits per heavy atom. The molecule has 0 aliphatic carbocycles. The molecule has 1 aromatic rings. The largest absolute Gasteiger partial charge is 0.480 e. The van der Waals surface area contributed by atoms with Crippen LogP contribution in [0.1, 0.15) is 18.4 Å². The minimum Gasteiger partial charge on any atom is -0.480 e. The second-order valence-corrected chi connectivity index (χ2v) is 6.21. The monoisotopic (exact) mass is 309 g/mol. The second kappa shape index (κ2) is 6.76. The number of hydrogen-bond donors (Lipinski definition) is 1. The lowest BCUT2D eigenvalue weighted by Crippen LogP contribution is -2.44. The highest BCUT2D eigenvalue weighted by Gasteiger charge is 2.34. The van der Waals surface area contributed by atoms with Crippen molar-refractivity contribution in [2.24, 2.45) is 5.92 Å². The molecule has 2 aliphatic rings. The van der Waals surface area contributed by atoms with E-state index in [0.717, 1.165) is 37.5 Å². The molecule has 2 atom stereocenters. The van der Waals surface area contributed by atoms with Gasteiger partial charge in [0.1, 0.15) is 0 Å². The first-order valence-electron chi connectivity index (χ1n) is 7.84. The zero-order valence-electron chi connectivity index (χ0n) is 12.9. The maximum Gasteiger partial charge on any atom is 0.317 e. The number of rotatable bonds is 5. The molecule has 0 spiro atoms. The molecule has 1 aromatic heterocycles. The van der Waals surface area contributed by atoms with Gasteiger partial charge in [-0.2, -0.15) is 0 Å². The van der Waals surface area contributed by atoms with Crippen LogP contribution in [-0.2, 0) is 22.5 Å². The average molecular weight is 309 g/mol. The van der Waals surface area contributed by atoms with Crippen molar-refractivity contribution in [2.75, 3.05) is 39.4 Å². The van der Waals surface area contributed by atoms with Gasteiger partial charge < -0.3 is 14.4 Å². The SMILES string of the molecule is CCc1cc(CN2C[C@H]3COC[C@@H]2CN(CC(=O)O)C3)on1. The average Bonchev–Trinajstić information content (AvgIpc) is 2.74.